The van der Waals surface area contributed by atoms with Crippen LogP contribution in [-0.2, 0) is 4.74 Å². The molecule has 1 rings (SSSR count). The number of nitrogens with one attached hydrogen (secondary N) is 1. The topological polar surface area (TPSA) is 80.9 Å². The van der Waals surface area contributed by atoms with E-state index in [2.05, 4.69) is 5.10 Å². The molecule has 0 aromatic rings. The van der Waals surface area contributed by atoms with Gasteiger partial charge in [0.05, 0.1) is 13.2 Å². The minimum absolute atomic E-state index is 0.181. The first-order valence-electron chi connectivity index (χ1n) is 3.58. The van der Waals surface area contributed by atoms with Gasteiger partial charge in [0.15, 0.2) is 0 Å². The first-order valence-corrected chi connectivity index (χ1v) is 3.58. The average Bonchev–Trinajstić information content (AvgIpc) is 2.15. The quantitative estimate of drug-likeness (QED) is 0.304. The van der Waals surface area contributed by atoms with Crippen LogP contribution in [0.25, 0.3) is 0 Å². The minimum Gasteiger partial charge on any atom is -0.378 e. The van der Waals surface area contributed by atoms with E-state index in [1.54, 1.807) is 10.5 Å². The van der Waals surface area contributed by atoms with Gasteiger partial charge >= 0.3 is 0 Å². The third-order valence-electron chi connectivity index (χ3n) is 1.57. The highest BCUT2D eigenvalue weighted by Gasteiger charge is 2.14. The molecule has 0 bridgehead atoms. The Balaban J connectivity index is 2.53. The molecule has 1 aliphatic heterocycles. The number of ether oxygens (including phenoxy) is 1. The van der Waals surface area contributed by atoms with Crippen molar-refractivity contribution in [3.63, 3.8) is 0 Å². The van der Waals surface area contributed by atoms with Crippen LogP contribution in [0.1, 0.15) is 0 Å². The Kier molecular flexibility index (Phi) is 3.32. The third kappa shape index (κ3) is 2.08. The van der Waals surface area contributed by atoms with Gasteiger partial charge in [0.25, 0.3) is 0 Å². The molecule has 2 N–H and O–H groups in total. The number of nitrogens with zero attached hydrogens (tertiary/aromatic N) is 3. The van der Waals surface area contributed by atoms with Gasteiger partial charge in [0.2, 0.25) is 5.84 Å². The Hall–Kier alpha value is -1.32. The molecular weight excluding hydrogens is 160 g/mol. The highest BCUT2D eigenvalue weighted by Crippen LogP contribution is 1.97. The molecule has 1 saturated heterocycles. The Morgan fingerprint density at radius 1 is 1.58 bits per heavy atom. The molecule has 1 heterocycles. The maximum absolute atomic E-state index is 8.60. The Morgan fingerprint density at radius 3 is 2.75 bits per heavy atom. The number of amidine groups is 1. The second-order valence-electron chi connectivity index (χ2n) is 2.25. The van der Waals surface area contributed by atoms with Crippen LogP contribution in [-0.4, -0.2) is 42.2 Å². The van der Waals surface area contributed by atoms with E-state index in [1.807, 2.05) is 6.07 Å². The summed E-state index contributed by atoms with van der Waals surface area (Å²) in [6.07, 6.45) is 0. The Morgan fingerprint density at radius 2 is 2.25 bits per heavy atom. The van der Waals surface area contributed by atoms with E-state index in [4.69, 9.17) is 15.2 Å². The van der Waals surface area contributed by atoms with Crippen molar-refractivity contribution in [1.82, 2.24) is 10.5 Å². The van der Waals surface area contributed by atoms with Crippen LogP contribution >= 0.6 is 0 Å². The summed E-state index contributed by atoms with van der Waals surface area (Å²) in [6.45, 7) is 2.44. The van der Waals surface area contributed by atoms with Gasteiger partial charge in [-0.25, -0.2) is 0 Å². The Labute approximate surface area is 70.0 Å². The number of hydrazone groups is 1. The molecule has 0 aliphatic carbocycles. The summed E-state index contributed by atoms with van der Waals surface area (Å²) >= 11 is 0. The fourth-order valence-electron chi connectivity index (χ4n) is 0.989. The lowest BCUT2D eigenvalue weighted by Crippen LogP contribution is -2.40. The van der Waals surface area contributed by atoms with Gasteiger partial charge in [-0.3, -0.25) is 5.21 Å². The highest BCUT2D eigenvalue weighted by atomic mass is 16.5. The molecule has 0 aromatic carbocycles. The molecule has 0 amide bonds. The molecule has 1 fully saturated rings. The third-order valence-corrected chi connectivity index (χ3v) is 1.57. The monoisotopic (exact) mass is 170 g/mol. The van der Waals surface area contributed by atoms with E-state index in [1.165, 1.54) is 0 Å². The van der Waals surface area contributed by atoms with Crippen molar-refractivity contribution < 1.29 is 9.94 Å². The molecule has 0 aromatic heterocycles. The van der Waals surface area contributed by atoms with Gasteiger partial charge in [-0.2, -0.15) is 10.9 Å². The predicted molar refractivity (Wildman–Crippen MR) is 40.4 cm³/mol. The van der Waals surface area contributed by atoms with Gasteiger partial charge < -0.3 is 9.64 Å². The molecule has 0 radical (unpaired) electrons. The molecule has 12 heavy (non-hydrogen) atoms. The summed E-state index contributed by atoms with van der Waals surface area (Å²) < 4.78 is 5.08. The highest BCUT2D eigenvalue weighted by molar-refractivity contribution is 5.96. The summed E-state index contributed by atoms with van der Waals surface area (Å²) in [5.74, 6) is 0.181. The molecule has 0 spiro atoms. The molecule has 0 atom stereocenters. The first kappa shape index (κ1) is 8.77. The number of hydrogen-bond donors (Lipinski definition) is 2. The van der Waals surface area contributed by atoms with E-state index < -0.39 is 0 Å². The fourth-order valence-corrected chi connectivity index (χ4v) is 0.989. The van der Waals surface area contributed by atoms with Crippen LogP contribution in [0.2, 0.25) is 0 Å². The number of hydrogen-bond acceptors (Lipinski definition) is 5. The summed E-state index contributed by atoms with van der Waals surface area (Å²) in [5, 5.41) is 20.2. The molecule has 1 aliphatic rings. The average molecular weight is 170 g/mol. The van der Waals surface area contributed by atoms with E-state index in [0.29, 0.717) is 26.3 Å². The zero-order chi connectivity index (χ0) is 8.81. The zero-order valence-corrected chi connectivity index (χ0v) is 6.53. The van der Waals surface area contributed by atoms with Gasteiger partial charge in [0, 0.05) is 13.1 Å². The second kappa shape index (κ2) is 4.54. The largest absolute Gasteiger partial charge is 0.378 e. The van der Waals surface area contributed by atoms with E-state index in [0.717, 1.165) is 0 Å². The van der Waals surface area contributed by atoms with Gasteiger partial charge in [-0.1, -0.05) is 0 Å². The van der Waals surface area contributed by atoms with Crippen LogP contribution < -0.4 is 5.59 Å². The van der Waals surface area contributed by atoms with E-state index in [-0.39, 0.29) is 5.84 Å². The van der Waals surface area contributed by atoms with Crippen molar-refractivity contribution in [3.8, 4) is 6.07 Å². The van der Waals surface area contributed by atoms with Crippen molar-refractivity contribution >= 4 is 5.84 Å². The lowest BCUT2D eigenvalue weighted by Gasteiger charge is -2.26. The maximum Gasteiger partial charge on any atom is 0.229 e. The molecule has 0 saturated carbocycles. The fraction of sp³-hybridized carbons (Fsp3) is 0.667. The zero-order valence-electron chi connectivity index (χ0n) is 6.53. The lowest BCUT2D eigenvalue weighted by molar-refractivity contribution is 0.0673. The normalized spacial score (nSPS) is 18.7. The van der Waals surface area contributed by atoms with Crippen molar-refractivity contribution in [3.05, 3.63) is 0 Å². The summed E-state index contributed by atoms with van der Waals surface area (Å²) in [4.78, 5) is 1.74. The van der Waals surface area contributed by atoms with Gasteiger partial charge in [-0.15, -0.1) is 5.10 Å². The van der Waals surface area contributed by atoms with Crippen molar-refractivity contribution in [2.24, 2.45) is 5.10 Å². The van der Waals surface area contributed by atoms with E-state index in [9.17, 15) is 0 Å². The van der Waals surface area contributed by atoms with Crippen LogP contribution in [0.4, 0.5) is 0 Å². The number of nitriles is 1. The SMILES string of the molecule is N#CC(=NNO)N1CCOCC1. The molecule has 6 nitrogen and oxygen atoms in total. The molecular formula is C6H10N4O2. The Bertz CT molecular complexity index is 204. The summed E-state index contributed by atoms with van der Waals surface area (Å²) in [5.41, 5.74) is 1.60. The van der Waals surface area contributed by atoms with E-state index >= 15 is 0 Å². The summed E-state index contributed by atoms with van der Waals surface area (Å²) in [7, 11) is 0. The number of morpholine rings is 1. The minimum atomic E-state index is 0.181. The smallest absolute Gasteiger partial charge is 0.229 e. The molecule has 6 heteroatoms. The van der Waals surface area contributed by atoms with Crippen molar-refractivity contribution in [2.45, 2.75) is 0 Å². The van der Waals surface area contributed by atoms with Crippen LogP contribution in [0, 0.1) is 11.3 Å². The second-order valence-corrected chi connectivity index (χ2v) is 2.25. The lowest BCUT2D eigenvalue weighted by atomic mass is 10.4. The van der Waals surface area contributed by atoms with Crippen LogP contribution in [0.3, 0.4) is 0 Å². The van der Waals surface area contributed by atoms with Crippen LogP contribution in [0.5, 0.6) is 0 Å². The maximum atomic E-state index is 8.60. The summed E-state index contributed by atoms with van der Waals surface area (Å²) in [6, 6.07) is 1.87. The van der Waals surface area contributed by atoms with Crippen LogP contribution in [0.15, 0.2) is 5.10 Å². The van der Waals surface area contributed by atoms with Crippen molar-refractivity contribution in [2.75, 3.05) is 26.3 Å². The number of rotatable bonds is 1. The first-order chi connectivity index (χ1) is 5.88. The predicted octanol–water partition coefficient (Wildman–Crippen LogP) is -0.866. The van der Waals surface area contributed by atoms with Crippen molar-refractivity contribution in [1.29, 1.82) is 5.26 Å². The van der Waals surface area contributed by atoms with Gasteiger partial charge in [0.1, 0.15) is 6.07 Å². The van der Waals surface area contributed by atoms with Gasteiger partial charge in [-0.05, 0) is 0 Å². The molecule has 0 unspecified atom stereocenters. The standard InChI is InChI=1S/C6H10N4O2/c7-5-6(8-9-11)10-1-3-12-4-2-10/h9,11H,1-4H2. The molecule has 66 valence electrons.